The molecule has 1 amide bonds. The molecule has 0 aromatic carbocycles. The standard InChI is InChI=1S/C16H17N5O2S/c1-10(2)21-15-12(8-19-21)7-11(16(23)20-15)3-4-13(22)18-9-14-17-5-6-24-14/h3-8,10H,9H2,1-2H3,(H,18,22)(H,20,23)/b4-3+. The maximum absolute atomic E-state index is 12.2. The molecule has 0 bridgehead atoms. The lowest BCUT2D eigenvalue weighted by atomic mass is 10.2. The summed E-state index contributed by atoms with van der Waals surface area (Å²) in [6, 6.07) is 1.88. The Labute approximate surface area is 142 Å². The minimum atomic E-state index is -0.275. The van der Waals surface area contributed by atoms with Crippen molar-refractivity contribution in [3.05, 3.63) is 50.8 Å². The van der Waals surface area contributed by atoms with Gasteiger partial charge in [-0.3, -0.25) is 9.59 Å². The van der Waals surface area contributed by atoms with Crippen molar-refractivity contribution < 1.29 is 4.79 Å². The number of nitrogens with one attached hydrogen (secondary N) is 2. The van der Waals surface area contributed by atoms with Crippen LogP contribution >= 0.6 is 11.3 Å². The van der Waals surface area contributed by atoms with Crippen LogP contribution in [-0.2, 0) is 11.3 Å². The van der Waals surface area contributed by atoms with Gasteiger partial charge in [-0.15, -0.1) is 11.3 Å². The molecule has 0 unspecified atom stereocenters. The van der Waals surface area contributed by atoms with Crippen molar-refractivity contribution in [1.29, 1.82) is 0 Å². The van der Waals surface area contributed by atoms with Gasteiger partial charge < -0.3 is 10.3 Å². The third-order valence-corrected chi connectivity index (χ3v) is 4.21. The Balaban J connectivity index is 1.75. The van der Waals surface area contributed by atoms with Gasteiger partial charge >= 0.3 is 0 Å². The highest BCUT2D eigenvalue weighted by Gasteiger charge is 2.09. The monoisotopic (exact) mass is 343 g/mol. The second-order valence-electron chi connectivity index (χ2n) is 5.52. The molecular weight excluding hydrogens is 326 g/mol. The molecule has 0 saturated carbocycles. The Morgan fingerprint density at radius 2 is 2.33 bits per heavy atom. The number of rotatable bonds is 5. The van der Waals surface area contributed by atoms with E-state index in [1.807, 2.05) is 19.2 Å². The van der Waals surface area contributed by atoms with Crippen molar-refractivity contribution in [2.24, 2.45) is 0 Å². The molecule has 0 aliphatic heterocycles. The van der Waals surface area contributed by atoms with E-state index in [1.165, 1.54) is 23.5 Å². The van der Waals surface area contributed by atoms with Gasteiger partial charge in [0.05, 0.1) is 12.7 Å². The molecule has 0 atom stereocenters. The lowest BCUT2D eigenvalue weighted by molar-refractivity contribution is -0.116. The highest BCUT2D eigenvalue weighted by atomic mass is 32.1. The first kappa shape index (κ1) is 16.1. The van der Waals surface area contributed by atoms with E-state index in [2.05, 4.69) is 20.4 Å². The highest BCUT2D eigenvalue weighted by Crippen LogP contribution is 2.15. The number of H-pyrrole nitrogens is 1. The Hall–Kier alpha value is -2.74. The molecule has 0 saturated heterocycles. The predicted molar refractivity (Wildman–Crippen MR) is 93.7 cm³/mol. The molecule has 7 nitrogen and oxygen atoms in total. The molecule has 3 aromatic heterocycles. The first-order valence-electron chi connectivity index (χ1n) is 7.49. The Kier molecular flexibility index (Phi) is 4.57. The maximum atomic E-state index is 12.2. The summed E-state index contributed by atoms with van der Waals surface area (Å²) in [6.07, 6.45) is 6.23. The number of aromatic nitrogens is 4. The number of pyridine rings is 1. The third kappa shape index (κ3) is 3.43. The van der Waals surface area contributed by atoms with Gasteiger partial charge in [-0.25, -0.2) is 9.67 Å². The number of amides is 1. The van der Waals surface area contributed by atoms with Gasteiger partial charge in [0.1, 0.15) is 10.7 Å². The first-order chi connectivity index (χ1) is 11.5. The van der Waals surface area contributed by atoms with Crippen molar-refractivity contribution in [1.82, 2.24) is 25.1 Å². The lowest BCUT2D eigenvalue weighted by Gasteiger charge is -2.06. The van der Waals surface area contributed by atoms with Gasteiger partial charge in [-0.1, -0.05) is 0 Å². The normalized spacial score (nSPS) is 11.6. The molecule has 3 aromatic rings. The molecule has 0 fully saturated rings. The number of hydrogen-bond donors (Lipinski definition) is 2. The summed E-state index contributed by atoms with van der Waals surface area (Å²) in [7, 11) is 0. The van der Waals surface area contributed by atoms with Gasteiger partial charge in [-0.2, -0.15) is 5.10 Å². The van der Waals surface area contributed by atoms with E-state index in [0.717, 1.165) is 10.4 Å². The molecule has 0 aliphatic carbocycles. The van der Waals surface area contributed by atoms with E-state index >= 15 is 0 Å². The van der Waals surface area contributed by atoms with E-state index in [-0.39, 0.29) is 17.5 Å². The van der Waals surface area contributed by atoms with Crippen molar-refractivity contribution >= 4 is 34.4 Å². The minimum absolute atomic E-state index is 0.149. The van der Waals surface area contributed by atoms with Crippen LogP contribution in [0.25, 0.3) is 17.1 Å². The molecule has 8 heteroatoms. The maximum Gasteiger partial charge on any atom is 0.256 e. The molecule has 124 valence electrons. The number of fused-ring (bicyclic) bond motifs is 1. The quantitative estimate of drug-likeness (QED) is 0.694. The van der Waals surface area contributed by atoms with E-state index in [4.69, 9.17) is 0 Å². The first-order valence-corrected chi connectivity index (χ1v) is 8.37. The van der Waals surface area contributed by atoms with Crippen LogP contribution < -0.4 is 10.9 Å². The second-order valence-corrected chi connectivity index (χ2v) is 6.50. The van der Waals surface area contributed by atoms with Gasteiger partial charge in [0.15, 0.2) is 0 Å². The van der Waals surface area contributed by atoms with Crippen LogP contribution in [0.15, 0.2) is 34.7 Å². The number of hydrogen-bond acceptors (Lipinski definition) is 5. The molecule has 0 spiro atoms. The number of carbonyl (C=O) groups is 1. The summed E-state index contributed by atoms with van der Waals surface area (Å²) < 4.78 is 1.75. The molecule has 3 heterocycles. The molecule has 0 radical (unpaired) electrons. The third-order valence-electron chi connectivity index (χ3n) is 3.43. The van der Waals surface area contributed by atoms with E-state index in [0.29, 0.717) is 17.8 Å². The largest absolute Gasteiger partial charge is 0.346 e. The summed E-state index contributed by atoms with van der Waals surface area (Å²) in [5.41, 5.74) is 0.837. The van der Waals surface area contributed by atoms with Gasteiger partial charge in [-0.05, 0) is 26.0 Å². The van der Waals surface area contributed by atoms with Crippen LogP contribution in [0.4, 0.5) is 0 Å². The zero-order valence-corrected chi connectivity index (χ0v) is 14.1. The van der Waals surface area contributed by atoms with Crippen LogP contribution in [0.1, 0.15) is 30.5 Å². The number of carbonyl (C=O) groups excluding carboxylic acids is 1. The van der Waals surface area contributed by atoms with Crippen molar-refractivity contribution in [2.45, 2.75) is 26.4 Å². The fourth-order valence-electron chi connectivity index (χ4n) is 2.27. The molecule has 24 heavy (non-hydrogen) atoms. The molecule has 2 N–H and O–H groups in total. The van der Waals surface area contributed by atoms with Crippen LogP contribution in [0.5, 0.6) is 0 Å². The van der Waals surface area contributed by atoms with Crippen molar-refractivity contribution in [3.8, 4) is 0 Å². The zero-order chi connectivity index (χ0) is 17.1. The predicted octanol–water partition coefficient (Wildman–Crippen LogP) is 2.09. The van der Waals surface area contributed by atoms with Crippen LogP contribution in [0.3, 0.4) is 0 Å². The zero-order valence-electron chi connectivity index (χ0n) is 13.3. The summed E-state index contributed by atoms with van der Waals surface area (Å²) in [5, 5.41) is 10.5. The number of thiazole rings is 1. The molecular formula is C16H17N5O2S. The van der Waals surface area contributed by atoms with Crippen LogP contribution in [0, 0.1) is 0 Å². The smallest absolute Gasteiger partial charge is 0.256 e. The Bertz CT molecular complexity index is 937. The topological polar surface area (TPSA) is 92.7 Å². The Morgan fingerprint density at radius 1 is 1.50 bits per heavy atom. The van der Waals surface area contributed by atoms with E-state index in [1.54, 1.807) is 23.1 Å². The fraction of sp³-hybridized carbons (Fsp3) is 0.250. The molecule has 0 aliphatic rings. The van der Waals surface area contributed by atoms with Gasteiger partial charge in [0, 0.05) is 34.6 Å². The summed E-state index contributed by atoms with van der Waals surface area (Å²) in [5.74, 6) is -0.275. The summed E-state index contributed by atoms with van der Waals surface area (Å²) >= 11 is 1.47. The van der Waals surface area contributed by atoms with Gasteiger partial charge in [0.25, 0.3) is 5.56 Å². The number of aromatic amines is 1. The number of nitrogens with zero attached hydrogens (tertiary/aromatic N) is 3. The fourth-order valence-corrected chi connectivity index (χ4v) is 2.82. The SMILES string of the molecule is CC(C)n1ncc2cc(/C=C/C(=O)NCc3nccs3)c(=O)[nH]c21. The van der Waals surface area contributed by atoms with Crippen molar-refractivity contribution in [2.75, 3.05) is 0 Å². The average molecular weight is 343 g/mol. The van der Waals surface area contributed by atoms with Crippen molar-refractivity contribution in [3.63, 3.8) is 0 Å². The van der Waals surface area contributed by atoms with Gasteiger partial charge in [0.2, 0.25) is 5.91 Å². The Morgan fingerprint density at radius 3 is 3.04 bits per heavy atom. The van der Waals surface area contributed by atoms with Crippen LogP contribution in [-0.4, -0.2) is 25.7 Å². The average Bonchev–Trinajstić information content (AvgIpc) is 3.19. The molecule has 3 rings (SSSR count). The minimum Gasteiger partial charge on any atom is -0.346 e. The van der Waals surface area contributed by atoms with E-state index < -0.39 is 0 Å². The van der Waals surface area contributed by atoms with E-state index in [9.17, 15) is 9.59 Å². The second kappa shape index (κ2) is 6.79. The highest BCUT2D eigenvalue weighted by molar-refractivity contribution is 7.09. The summed E-state index contributed by atoms with van der Waals surface area (Å²) in [6.45, 7) is 4.36. The van der Waals surface area contributed by atoms with Crippen LogP contribution in [0.2, 0.25) is 0 Å². The lowest BCUT2D eigenvalue weighted by Crippen LogP contribution is -2.20. The summed E-state index contributed by atoms with van der Waals surface area (Å²) in [4.78, 5) is 30.9.